The van der Waals surface area contributed by atoms with Crippen molar-refractivity contribution >= 4 is 33.3 Å². The fourth-order valence-corrected chi connectivity index (χ4v) is 5.07. The lowest BCUT2D eigenvalue weighted by atomic mass is 10.2. The number of sulfonamides is 1. The highest BCUT2D eigenvalue weighted by Gasteiger charge is 2.21. The van der Waals surface area contributed by atoms with Crippen molar-refractivity contribution in [2.75, 3.05) is 18.6 Å². The molecule has 0 spiro atoms. The minimum Gasteiger partial charge on any atom is -0.346 e. The number of benzene rings is 1. The molecule has 0 bridgehead atoms. The molecule has 2 aromatic heterocycles. The normalized spacial score (nSPS) is 12.7. The van der Waals surface area contributed by atoms with Crippen molar-refractivity contribution in [1.29, 1.82) is 0 Å². The molecule has 166 valence electrons. The van der Waals surface area contributed by atoms with Crippen LogP contribution in [0.25, 0.3) is 5.65 Å². The van der Waals surface area contributed by atoms with Gasteiger partial charge in [0.25, 0.3) is 0 Å². The second-order valence-electron chi connectivity index (χ2n) is 7.31. The number of aryl methyl sites for hydroxylation is 2. The van der Waals surface area contributed by atoms with Crippen LogP contribution >= 0.6 is 11.8 Å². The third-order valence-electron chi connectivity index (χ3n) is 4.86. The van der Waals surface area contributed by atoms with Crippen LogP contribution in [-0.2, 0) is 14.8 Å². The second kappa shape index (κ2) is 10.3. The monoisotopic (exact) mass is 461 g/mol. The number of hydrogen-bond donors (Lipinski definition) is 2. The number of nitrogens with zero attached hydrogens (tertiary/aromatic N) is 3. The molecule has 8 nitrogen and oxygen atoms in total. The highest BCUT2D eigenvalue weighted by atomic mass is 32.2. The number of carbonyl (C=O) groups is 1. The fraction of sp³-hybridized carbons (Fsp3) is 0.381. The molecule has 0 aliphatic heterocycles. The first-order valence-electron chi connectivity index (χ1n) is 9.96. The van der Waals surface area contributed by atoms with Gasteiger partial charge >= 0.3 is 0 Å². The molecule has 3 rings (SSSR count). The van der Waals surface area contributed by atoms with Crippen LogP contribution in [0, 0.1) is 13.8 Å². The summed E-state index contributed by atoms with van der Waals surface area (Å²) in [5, 5.41) is 11.4. The molecule has 0 saturated carbocycles. The molecule has 0 radical (unpaired) electrons. The molecule has 1 unspecified atom stereocenters. The molecule has 1 amide bonds. The third kappa shape index (κ3) is 5.84. The number of aromatic nitrogens is 3. The molecule has 0 saturated heterocycles. The Hall–Kier alpha value is -2.43. The van der Waals surface area contributed by atoms with Crippen molar-refractivity contribution < 1.29 is 13.2 Å². The molecule has 3 aromatic rings. The van der Waals surface area contributed by atoms with E-state index in [9.17, 15) is 13.2 Å². The molecule has 1 atom stereocenters. The predicted octanol–water partition coefficient (Wildman–Crippen LogP) is 2.63. The Balaban J connectivity index is 1.63. The molecule has 2 heterocycles. The van der Waals surface area contributed by atoms with Crippen LogP contribution in [0.15, 0.2) is 47.5 Å². The lowest BCUT2D eigenvalue weighted by Crippen LogP contribution is -2.34. The smallest absolute Gasteiger partial charge is 0.240 e. The summed E-state index contributed by atoms with van der Waals surface area (Å²) in [7, 11) is -3.68. The van der Waals surface area contributed by atoms with Crippen LogP contribution in [0.3, 0.4) is 0 Å². The topological polar surface area (TPSA) is 105 Å². The van der Waals surface area contributed by atoms with Gasteiger partial charge in [0.15, 0.2) is 11.5 Å². The van der Waals surface area contributed by atoms with Gasteiger partial charge in [0, 0.05) is 19.2 Å². The summed E-state index contributed by atoms with van der Waals surface area (Å²) < 4.78 is 29.5. The number of hydrogen-bond acceptors (Lipinski definition) is 6. The molecule has 2 N–H and O–H groups in total. The van der Waals surface area contributed by atoms with E-state index in [0.717, 1.165) is 11.3 Å². The van der Waals surface area contributed by atoms with Gasteiger partial charge in [-0.05, 0) is 56.0 Å². The van der Waals surface area contributed by atoms with Crippen LogP contribution < -0.4 is 10.0 Å². The highest BCUT2D eigenvalue weighted by Crippen LogP contribution is 2.19. The van der Waals surface area contributed by atoms with E-state index in [-0.39, 0.29) is 29.8 Å². The average Bonchev–Trinajstić information content (AvgIpc) is 3.14. The zero-order chi connectivity index (χ0) is 22.4. The minimum atomic E-state index is -3.68. The second-order valence-corrected chi connectivity index (χ2v) is 10.0. The average molecular weight is 462 g/mol. The third-order valence-corrected chi connectivity index (χ3v) is 7.13. The van der Waals surface area contributed by atoms with Crippen molar-refractivity contribution in [2.45, 2.75) is 37.6 Å². The number of carbonyl (C=O) groups excluding carboxylic acids is 1. The predicted molar refractivity (Wildman–Crippen MR) is 123 cm³/mol. The van der Waals surface area contributed by atoms with E-state index >= 15 is 0 Å². The Morgan fingerprint density at radius 2 is 2.00 bits per heavy atom. The van der Waals surface area contributed by atoms with Crippen LogP contribution in [0.1, 0.15) is 35.8 Å². The summed E-state index contributed by atoms with van der Waals surface area (Å²) in [5.41, 5.74) is 2.38. The Labute approximate surface area is 186 Å². The molecular weight excluding hydrogens is 434 g/mol. The zero-order valence-electron chi connectivity index (χ0n) is 17.8. The maximum atomic E-state index is 12.6. The van der Waals surface area contributed by atoms with E-state index < -0.39 is 10.0 Å². The lowest BCUT2D eigenvalue weighted by molar-refractivity contribution is -0.121. The number of rotatable bonds is 10. The van der Waals surface area contributed by atoms with Gasteiger partial charge in [0.05, 0.1) is 10.9 Å². The first kappa shape index (κ1) is 23.2. The quantitative estimate of drug-likeness (QED) is 0.481. The number of fused-ring (bicyclic) bond motifs is 1. The summed E-state index contributed by atoms with van der Waals surface area (Å²) in [6.45, 7) is 3.68. The number of pyridine rings is 1. The maximum Gasteiger partial charge on any atom is 0.240 e. The van der Waals surface area contributed by atoms with Gasteiger partial charge in [0.2, 0.25) is 15.9 Å². The lowest BCUT2D eigenvalue weighted by Gasteiger charge is -2.17. The van der Waals surface area contributed by atoms with Gasteiger partial charge < -0.3 is 5.32 Å². The standard InChI is InChI=1S/C21H27N5O3S2/c1-15-7-8-18(16(2)14-15)31(28,29)22-11-9-20(27)23-17(10-13-30-3)21-25-24-19-6-4-5-12-26(19)21/h4-8,12,14,17,22H,9-11,13H2,1-3H3,(H,23,27). The van der Waals surface area contributed by atoms with Gasteiger partial charge in [-0.25, -0.2) is 13.1 Å². The molecule has 10 heteroatoms. The Morgan fingerprint density at radius 1 is 1.19 bits per heavy atom. The van der Waals surface area contributed by atoms with E-state index in [1.807, 2.05) is 48.0 Å². The molecule has 1 aromatic carbocycles. The van der Waals surface area contributed by atoms with Crippen molar-refractivity contribution in [1.82, 2.24) is 24.6 Å². The Kier molecular flexibility index (Phi) is 7.69. The maximum absolute atomic E-state index is 12.6. The summed E-state index contributed by atoms with van der Waals surface area (Å²) in [6.07, 6.45) is 4.58. The SMILES string of the molecule is CSCCC(NC(=O)CCNS(=O)(=O)c1ccc(C)cc1C)c1nnc2ccccn12. The van der Waals surface area contributed by atoms with Crippen molar-refractivity contribution in [2.24, 2.45) is 0 Å². The number of thioether (sulfide) groups is 1. The first-order chi connectivity index (χ1) is 14.8. The van der Waals surface area contributed by atoms with E-state index in [4.69, 9.17) is 0 Å². The zero-order valence-corrected chi connectivity index (χ0v) is 19.5. The fourth-order valence-electron chi connectivity index (χ4n) is 3.34. The summed E-state index contributed by atoms with van der Waals surface area (Å²) in [6, 6.07) is 10.5. The Bertz CT molecular complexity index is 1160. The van der Waals surface area contributed by atoms with Crippen molar-refractivity contribution in [3.05, 3.63) is 59.5 Å². The van der Waals surface area contributed by atoms with E-state index in [0.29, 0.717) is 23.5 Å². The van der Waals surface area contributed by atoms with Gasteiger partial charge in [-0.15, -0.1) is 10.2 Å². The van der Waals surface area contributed by atoms with Crippen molar-refractivity contribution in [3.8, 4) is 0 Å². The van der Waals surface area contributed by atoms with Crippen LogP contribution in [0.2, 0.25) is 0 Å². The molecular formula is C21H27N5O3S2. The van der Waals surface area contributed by atoms with Crippen LogP contribution in [0.5, 0.6) is 0 Å². The van der Waals surface area contributed by atoms with Gasteiger partial charge in [-0.2, -0.15) is 11.8 Å². The summed E-state index contributed by atoms with van der Waals surface area (Å²) in [4.78, 5) is 12.8. The Morgan fingerprint density at radius 3 is 2.74 bits per heavy atom. The first-order valence-corrected chi connectivity index (χ1v) is 12.8. The minimum absolute atomic E-state index is 0.0112. The van der Waals surface area contributed by atoms with Gasteiger partial charge in [0.1, 0.15) is 0 Å². The molecule has 0 fully saturated rings. The largest absolute Gasteiger partial charge is 0.346 e. The summed E-state index contributed by atoms with van der Waals surface area (Å²) >= 11 is 1.68. The highest BCUT2D eigenvalue weighted by molar-refractivity contribution is 7.98. The van der Waals surface area contributed by atoms with Crippen LogP contribution in [-0.4, -0.2) is 47.5 Å². The van der Waals surface area contributed by atoms with E-state index in [1.165, 1.54) is 0 Å². The summed E-state index contributed by atoms with van der Waals surface area (Å²) in [5.74, 6) is 1.25. The van der Waals surface area contributed by atoms with E-state index in [2.05, 4.69) is 20.2 Å². The van der Waals surface area contributed by atoms with Gasteiger partial charge in [-0.3, -0.25) is 9.20 Å². The van der Waals surface area contributed by atoms with E-state index in [1.54, 1.807) is 30.8 Å². The number of nitrogens with one attached hydrogen (secondary N) is 2. The molecule has 0 aliphatic rings. The molecule has 31 heavy (non-hydrogen) atoms. The molecule has 0 aliphatic carbocycles. The van der Waals surface area contributed by atoms with Crippen molar-refractivity contribution in [3.63, 3.8) is 0 Å². The van der Waals surface area contributed by atoms with Crippen LogP contribution in [0.4, 0.5) is 0 Å². The number of amides is 1. The van der Waals surface area contributed by atoms with Gasteiger partial charge in [-0.1, -0.05) is 23.8 Å².